The average Bonchev–Trinajstić information content (AvgIpc) is 2.16. The molecule has 0 saturated carbocycles. The molecule has 0 aromatic heterocycles. The predicted molar refractivity (Wildman–Crippen MR) is 63.0 cm³/mol. The monoisotopic (exact) mass is 222 g/mol. The summed E-state index contributed by atoms with van der Waals surface area (Å²) < 4.78 is 0. The Morgan fingerprint density at radius 1 is 1.38 bits per heavy atom. The summed E-state index contributed by atoms with van der Waals surface area (Å²) in [5.41, 5.74) is 5.97. The first-order valence-corrected chi connectivity index (χ1v) is 5.20. The maximum Gasteiger partial charge on any atom is 0.248 e. The Hall–Kier alpha value is -1.39. The summed E-state index contributed by atoms with van der Waals surface area (Å²) >= 11 is 0. The molecule has 0 unspecified atom stereocenters. The summed E-state index contributed by atoms with van der Waals surface area (Å²) in [6.07, 6.45) is 0. The van der Waals surface area contributed by atoms with Gasteiger partial charge in [-0.15, -0.1) is 0 Å². The maximum absolute atomic E-state index is 10.8. The van der Waals surface area contributed by atoms with Crippen LogP contribution >= 0.6 is 0 Å². The molecule has 1 aromatic carbocycles. The molecule has 0 aliphatic heterocycles. The van der Waals surface area contributed by atoms with Crippen molar-refractivity contribution in [1.29, 1.82) is 0 Å². The lowest BCUT2D eigenvalue weighted by Crippen LogP contribution is -2.34. The van der Waals surface area contributed by atoms with E-state index in [1.165, 1.54) is 0 Å². The number of carbonyl (C=O) groups excluding carboxylic acids is 1. The van der Waals surface area contributed by atoms with E-state index in [-0.39, 0.29) is 0 Å². The van der Waals surface area contributed by atoms with Crippen LogP contribution in [-0.2, 0) is 6.54 Å². The van der Waals surface area contributed by atoms with Crippen molar-refractivity contribution in [2.75, 3.05) is 6.54 Å². The highest BCUT2D eigenvalue weighted by Crippen LogP contribution is 2.04. The van der Waals surface area contributed by atoms with Gasteiger partial charge in [-0.25, -0.2) is 0 Å². The van der Waals surface area contributed by atoms with Crippen molar-refractivity contribution in [2.45, 2.75) is 26.0 Å². The zero-order valence-corrected chi connectivity index (χ0v) is 9.66. The summed E-state index contributed by atoms with van der Waals surface area (Å²) in [5.74, 6) is -0.420. The van der Waals surface area contributed by atoms with Crippen LogP contribution in [0.4, 0.5) is 0 Å². The van der Waals surface area contributed by atoms with Gasteiger partial charge in [0.05, 0.1) is 5.60 Å². The zero-order chi connectivity index (χ0) is 12.2. The van der Waals surface area contributed by atoms with Crippen molar-refractivity contribution in [3.8, 4) is 0 Å². The van der Waals surface area contributed by atoms with Gasteiger partial charge in [0, 0.05) is 18.7 Å². The Kier molecular flexibility index (Phi) is 4.04. The first kappa shape index (κ1) is 12.7. The van der Waals surface area contributed by atoms with Gasteiger partial charge in [-0.3, -0.25) is 4.79 Å². The van der Waals surface area contributed by atoms with Crippen LogP contribution in [0.25, 0.3) is 0 Å². The van der Waals surface area contributed by atoms with E-state index < -0.39 is 11.5 Å². The molecule has 0 radical (unpaired) electrons. The minimum absolute atomic E-state index is 0.420. The van der Waals surface area contributed by atoms with E-state index in [2.05, 4.69) is 5.32 Å². The summed E-state index contributed by atoms with van der Waals surface area (Å²) in [6.45, 7) is 4.67. The molecule has 0 bridgehead atoms. The van der Waals surface area contributed by atoms with Gasteiger partial charge >= 0.3 is 0 Å². The van der Waals surface area contributed by atoms with Gasteiger partial charge in [0.25, 0.3) is 0 Å². The topological polar surface area (TPSA) is 75.3 Å². The van der Waals surface area contributed by atoms with Crippen molar-refractivity contribution in [3.63, 3.8) is 0 Å². The van der Waals surface area contributed by atoms with E-state index in [0.717, 1.165) is 5.56 Å². The number of amides is 1. The van der Waals surface area contributed by atoms with Crippen molar-refractivity contribution in [1.82, 2.24) is 5.32 Å². The van der Waals surface area contributed by atoms with Gasteiger partial charge in [-0.2, -0.15) is 0 Å². The van der Waals surface area contributed by atoms with Gasteiger partial charge in [0.1, 0.15) is 0 Å². The number of carbonyl (C=O) groups is 1. The van der Waals surface area contributed by atoms with Crippen molar-refractivity contribution in [3.05, 3.63) is 35.4 Å². The first-order chi connectivity index (χ1) is 7.38. The number of nitrogens with two attached hydrogens (primary N) is 1. The van der Waals surface area contributed by atoms with Crippen LogP contribution in [0.2, 0.25) is 0 Å². The standard InChI is InChI=1S/C12H18N2O2/c1-12(2,16)8-14-7-9-3-5-10(6-4-9)11(13)15/h3-6,14,16H,7-8H2,1-2H3,(H2,13,15). The smallest absolute Gasteiger partial charge is 0.248 e. The third-order valence-corrected chi connectivity index (χ3v) is 2.13. The molecule has 4 nitrogen and oxygen atoms in total. The van der Waals surface area contributed by atoms with Crippen molar-refractivity contribution < 1.29 is 9.90 Å². The molecule has 0 heterocycles. The van der Waals surface area contributed by atoms with Gasteiger partial charge in [-0.1, -0.05) is 12.1 Å². The van der Waals surface area contributed by atoms with E-state index in [1.54, 1.807) is 26.0 Å². The second-order valence-corrected chi connectivity index (χ2v) is 4.48. The van der Waals surface area contributed by atoms with Crippen LogP contribution < -0.4 is 11.1 Å². The molecule has 0 atom stereocenters. The van der Waals surface area contributed by atoms with Gasteiger partial charge in [0.15, 0.2) is 0 Å². The third-order valence-electron chi connectivity index (χ3n) is 2.13. The fraction of sp³-hybridized carbons (Fsp3) is 0.417. The molecule has 0 aliphatic rings. The number of rotatable bonds is 5. The van der Waals surface area contributed by atoms with Crippen molar-refractivity contribution >= 4 is 5.91 Å². The molecule has 4 N–H and O–H groups in total. The van der Waals surface area contributed by atoms with E-state index >= 15 is 0 Å². The molecule has 1 rings (SSSR count). The van der Waals surface area contributed by atoms with Gasteiger partial charge in [-0.05, 0) is 31.5 Å². The van der Waals surface area contributed by atoms with Crippen LogP contribution in [0.15, 0.2) is 24.3 Å². The molecular formula is C12H18N2O2. The Morgan fingerprint density at radius 2 is 1.94 bits per heavy atom. The zero-order valence-electron chi connectivity index (χ0n) is 9.66. The summed E-state index contributed by atoms with van der Waals surface area (Å²) in [7, 11) is 0. The Balaban J connectivity index is 2.47. The number of nitrogens with one attached hydrogen (secondary N) is 1. The van der Waals surface area contributed by atoms with Crippen LogP contribution in [-0.4, -0.2) is 23.2 Å². The lowest BCUT2D eigenvalue weighted by atomic mass is 10.1. The van der Waals surface area contributed by atoms with Gasteiger partial charge < -0.3 is 16.2 Å². The minimum atomic E-state index is -0.715. The largest absolute Gasteiger partial charge is 0.389 e. The number of primary amides is 1. The molecule has 1 aromatic rings. The van der Waals surface area contributed by atoms with E-state index in [4.69, 9.17) is 5.73 Å². The van der Waals surface area contributed by atoms with Gasteiger partial charge in [0.2, 0.25) is 5.91 Å². The van der Waals surface area contributed by atoms with Crippen LogP contribution in [0, 0.1) is 0 Å². The number of hydrogen-bond acceptors (Lipinski definition) is 3. The Bertz CT molecular complexity index is 352. The summed E-state index contributed by atoms with van der Waals surface area (Å²) in [4.78, 5) is 10.8. The summed E-state index contributed by atoms with van der Waals surface area (Å²) in [6, 6.07) is 7.09. The van der Waals surface area contributed by atoms with E-state index in [1.807, 2.05) is 12.1 Å². The molecule has 1 amide bonds. The molecule has 0 saturated heterocycles. The fourth-order valence-electron chi connectivity index (χ4n) is 1.30. The van der Waals surface area contributed by atoms with E-state index in [0.29, 0.717) is 18.7 Å². The predicted octanol–water partition coefficient (Wildman–Crippen LogP) is 0.646. The Labute approximate surface area is 95.5 Å². The second kappa shape index (κ2) is 5.09. The van der Waals surface area contributed by atoms with Crippen LogP contribution in [0.3, 0.4) is 0 Å². The molecule has 0 fully saturated rings. The number of aliphatic hydroxyl groups is 1. The molecule has 0 aliphatic carbocycles. The average molecular weight is 222 g/mol. The molecule has 16 heavy (non-hydrogen) atoms. The first-order valence-electron chi connectivity index (χ1n) is 5.20. The fourth-order valence-corrected chi connectivity index (χ4v) is 1.30. The van der Waals surface area contributed by atoms with Crippen LogP contribution in [0.1, 0.15) is 29.8 Å². The molecule has 0 spiro atoms. The molecule has 88 valence electrons. The van der Waals surface area contributed by atoms with Crippen molar-refractivity contribution in [2.24, 2.45) is 5.73 Å². The maximum atomic E-state index is 10.8. The highest BCUT2D eigenvalue weighted by Gasteiger charge is 2.10. The summed E-state index contributed by atoms with van der Waals surface area (Å²) in [5, 5.41) is 12.6. The lowest BCUT2D eigenvalue weighted by molar-refractivity contribution is 0.0795. The quantitative estimate of drug-likeness (QED) is 0.684. The highest BCUT2D eigenvalue weighted by molar-refractivity contribution is 5.92. The van der Waals surface area contributed by atoms with E-state index in [9.17, 15) is 9.90 Å². The van der Waals surface area contributed by atoms with Crippen LogP contribution in [0.5, 0.6) is 0 Å². The number of hydrogen-bond donors (Lipinski definition) is 3. The lowest BCUT2D eigenvalue weighted by Gasteiger charge is -2.17. The molecule has 4 heteroatoms. The minimum Gasteiger partial charge on any atom is -0.389 e. The molecular weight excluding hydrogens is 204 g/mol. The highest BCUT2D eigenvalue weighted by atomic mass is 16.3. The number of benzene rings is 1. The third kappa shape index (κ3) is 4.42. The SMILES string of the molecule is CC(C)(O)CNCc1ccc(C(N)=O)cc1. The second-order valence-electron chi connectivity index (χ2n) is 4.48. The normalized spacial score (nSPS) is 11.4. The Morgan fingerprint density at radius 3 is 2.38 bits per heavy atom.